The van der Waals surface area contributed by atoms with Crippen molar-refractivity contribution in [2.24, 2.45) is 0 Å². The van der Waals surface area contributed by atoms with E-state index in [9.17, 15) is 4.79 Å². The quantitative estimate of drug-likeness (QED) is 0.540. The van der Waals surface area contributed by atoms with Crippen molar-refractivity contribution in [1.82, 2.24) is 0 Å². The summed E-state index contributed by atoms with van der Waals surface area (Å²) in [6.45, 7) is 7.05. The highest BCUT2D eigenvalue weighted by atomic mass is 16.5. The molecule has 0 atom stereocenters. The third-order valence-corrected chi connectivity index (χ3v) is 3.85. The fraction of sp³-hybridized carbons (Fsp3) is 0.227. The lowest BCUT2D eigenvalue weighted by Gasteiger charge is -2.05. The van der Waals surface area contributed by atoms with E-state index in [0.717, 1.165) is 11.3 Å². The molecule has 2 aromatic rings. The number of carbonyl (C=O) groups excluding carboxylic acids is 1. The Kier molecular flexibility index (Phi) is 5.42. The number of fused-ring (bicyclic) bond motifs is 1. The summed E-state index contributed by atoms with van der Waals surface area (Å²) in [5, 5.41) is 0. The molecule has 1 aliphatic heterocycles. The number of allylic oxidation sites excluding steroid dienone is 2. The first-order valence-electron chi connectivity index (χ1n) is 8.64. The maximum absolute atomic E-state index is 12.5. The highest BCUT2D eigenvalue weighted by molar-refractivity contribution is 6.14. The van der Waals surface area contributed by atoms with Gasteiger partial charge in [0.25, 0.3) is 0 Å². The van der Waals surface area contributed by atoms with Crippen LogP contribution in [0, 0.1) is 0 Å². The maximum atomic E-state index is 12.5. The Labute approximate surface area is 153 Å². The van der Waals surface area contributed by atoms with E-state index in [-0.39, 0.29) is 5.78 Å². The molecule has 0 spiro atoms. The smallest absolute Gasteiger partial charge is 0.231 e. The number of hydrogen-bond donors (Lipinski definition) is 0. The van der Waals surface area contributed by atoms with Crippen LogP contribution in [0.4, 0.5) is 0 Å². The summed E-state index contributed by atoms with van der Waals surface area (Å²) in [5.41, 5.74) is 2.61. The molecule has 0 unspecified atom stereocenters. The van der Waals surface area contributed by atoms with Gasteiger partial charge in [-0.15, -0.1) is 0 Å². The minimum Gasteiger partial charge on any atom is -0.494 e. The number of Topliss-reactive ketones (excluding diaryl/α,β-unsaturated/α-hetero) is 1. The van der Waals surface area contributed by atoms with E-state index in [1.807, 2.05) is 51.1 Å². The van der Waals surface area contributed by atoms with Gasteiger partial charge in [-0.25, -0.2) is 0 Å². The minimum atomic E-state index is -0.126. The van der Waals surface area contributed by atoms with Gasteiger partial charge in [0.1, 0.15) is 23.9 Å². The molecule has 0 bridgehead atoms. The number of ketones is 1. The van der Waals surface area contributed by atoms with Crippen LogP contribution < -0.4 is 14.2 Å². The van der Waals surface area contributed by atoms with Crippen molar-refractivity contribution in [2.45, 2.75) is 20.8 Å². The molecule has 0 N–H and O–H groups in total. The summed E-state index contributed by atoms with van der Waals surface area (Å²) >= 11 is 0. The molecule has 0 aliphatic carbocycles. The van der Waals surface area contributed by atoms with Crippen molar-refractivity contribution >= 4 is 11.9 Å². The number of benzene rings is 2. The van der Waals surface area contributed by atoms with Crippen LogP contribution in [0.2, 0.25) is 0 Å². The summed E-state index contributed by atoms with van der Waals surface area (Å²) in [5.74, 6) is 2.14. The van der Waals surface area contributed by atoms with Crippen LogP contribution in [0.1, 0.15) is 36.7 Å². The van der Waals surface area contributed by atoms with Gasteiger partial charge in [-0.05, 0) is 62.8 Å². The van der Waals surface area contributed by atoms with E-state index >= 15 is 0 Å². The van der Waals surface area contributed by atoms with Gasteiger partial charge in [0.05, 0.1) is 12.2 Å². The monoisotopic (exact) mass is 350 g/mol. The first-order chi connectivity index (χ1) is 12.6. The third kappa shape index (κ3) is 4.14. The van der Waals surface area contributed by atoms with E-state index < -0.39 is 0 Å². The SMILES string of the molecule is CCOc1ccc2c(c1)O/C(=C\c1cccc(OCC=C(C)C)c1)C2=O. The Balaban J connectivity index is 1.78. The third-order valence-electron chi connectivity index (χ3n) is 3.85. The molecule has 1 aliphatic rings. The van der Waals surface area contributed by atoms with Crippen LogP contribution in [-0.2, 0) is 0 Å². The van der Waals surface area contributed by atoms with E-state index in [4.69, 9.17) is 14.2 Å². The number of rotatable bonds is 6. The molecule has 0 radical (unpaired) electrons. The molecular weight excluding hydrogens is 328 g/mol. The normalized spacial score (nSPS) is 14.0. The Morgan fingerprint density at radius 2 is 1.88 bits per heavy atom. The lowest BCUT2D eigenvalue weighted by atomic mass is 10.1. The first-order valence-corrected chi connectivity index (χ1v) is 8.64. The topological polar surface area (TPSA) is 44.8 Å². The van der Waals surface area contributed by atoms with E-state index in [1.54, 1.807) is 24.3 Å². The van der Waals surface area contributed by atoms with Gasteiger partial charge in [-0.3, -0.25) is 4.79 Å². The second-order valence-corrected chi connectivity index (χ2v) is 6.20. The van der Waals surface area contributed by atoms with Gasteiger partial charge < -0.3 is 14.2 Å². The van der Waals surface area contributed by atoms with Crippen LogP contribution in [0.5, 0.6) is 17.2 Å². The van der Waals surface area contributed by atoms with Crippen LogP contribution >= 0.6 is 0 Å². The van der Waals surface area contributed by atoms with Crippen LogP contribution in [0.15, 0.2) is 59.9 Å². The van der Waals surface area contributed by atoms with Gasteiger partial charge in [0.2, 0.25) is 5.78 Å². The predicted octanol–water partition coefficient (Wildman–Crippen LogP) is 5.05. The van der Waals surface area contributed by atoms with Crippen LogP contribution in [0.3, 0.4) is 0 Å². The van der Waals surface area contributed by atoms with Crippen molar-refractivity contribution in [1.29, 1.82) is 0 Å². The molecule has 26 heavy (non-hydrogen) atoms. The van der Waals surface area contributed by atoms with E-state index in [0.29, 0.717) is 36.0 Å². The van der Waals surface area contributed by atoms with Gasteiger partial charge >= 0.3 is 0 Å². The summed E-state index contributed by atoms with van der Waals surface area (Å²) in [6, 6.07) is 12.8. The van der Waals surface area contributed by atoms with Crippen molar-refractivity contribution in [3.63, 3.8) is 0 Å². The standard InChI is InChI=1S/C22H22O4/c1-4-24-18-8-9-19-20(14-18)26-21(22(19)23)13-16-6-5-7-17(12-16)25-11-10-15(2)3/h5-10,12-14H,4,11H2,1-3H3/b21-13-. The summed E-state index contributed by atoms with van der Waals surface area (Å²) in [6.07, 6.45) is 3.75. The lowest BCUT2D eigenvalue weighted by Crippen LogP contribution is -1.98. The molecule has 2 aromatic carbocycles. The van der Waals surface area contributed by atoms with Gasteiger partial charge in [0, 0.05) is 6.07 Å². The molecule has 1 heterocycles. The van der Waals surface area contributed by atoms with Crippen molar-refractivity contribution in [2.75, 3.05) is 13.2 Å². The molecule has 0 saturated heterocycles. The summed E-state index contributed by atoms with van der Waals surface area (Å²) in [4.78, 5) is 12.5. The average Bonchev–Trinajstić information content (AvgIpc) is 2.91. The zero-order valence-corrected chi connectivity index (χ0v) is 15.2. The Hall–Kier alpha value is -3.01. The molecule has 3 rings (SSSR count). The van der Waals surface area contributed by atoms with Crippen molar-refractivity contribution < 1.29 is 19.0 Å². The van der Waals surface area contributed by atoms with Crippen LogP contribution in [0.25, 0.3) is 6.08 Å². The molecule has 0 amide bonds. The van der Waals surface area contributed by atoms with Gasteiger partial charge in [0.15, 0.2) is 5.76 Å². The highest BCUT2D eigenvalue weighted by Crippen LogP contribution is 2.35. The fourth-order valence-corrected chi connectivity index (χ4v) is 2.57. The Morgan fingerprint density at radius 1 is 1.08 bits per heavy atom. The zero-order chi connectivity index (χ0) is 18.5. The second kappa shape index (κ2) is 7.91. The average molecular weight is 350 g/mol. The fourth-order valence-electron chi connectivity index (χ4n) is 2.57. The predicted molar refractivity (Wildman–Crippen MR) is 102 cm³/mol. The molecule has 134 valence electrons. The summed E-state index contributed by atoms with van der Waals surface area (Å²) < 4.78 is 16.9. The summed E-state index contributed by atoms with van der Waals surface area (Å²) in [7, 11) is 0. The molecular formula is C22H22O4. The van der Waals surface area contributed by atoms with E-state index in [2.05, 4.69) is 0 Å². The maximum Gasteiger partial charge on any atom is 0.231 e. The molecule has 0 aromatic heterocycles. The first kappa shape index (κ1) is 17.8. The molecule has 4 heteroatoms. The molecule has 0 saturated carbocycles. The molecule has 0 fully saturated rings. The number of hydrogen-bond acceptors (Lipinski definition) is 4. The lowest BCUT2D eigenvalue weighted by molar-refractivity contribution is 0.101. The van der Waals surface area contributed by atoms with Gasteiger partial charge in [-0.2, -0.15) is 0 Å². The Morgan fingerprint density at radius 3 is 2.65 bits per heavy atom. The largest absolute Gasteiger partial charge is 0.494 e. The molecule has 4 nitrogen and oxygen atoms in total. The van der Waals surface area contributed by atoms with E-state index in [1.165, 1.54) is 5.57 Å². The highest BCUT2D eigenvalue weighted by Gasteiger charge is 2.27. The Bertz CT molecular complexity index is 873. The minimum absolute atomic E-state index is 0.126. The second-order valence-electron chi connectivity index (χ2n) is 6.20. The zero-order valence-electron chi connectivity index (χ0n) is 15.2. The van der Waals surface area contributed by atoms with Crippen molar-refractivity contribution in [3.05, 3.63) is 71.0 Å². The van der Waals surface area contributed by atoms with Crippen molar-refractivity contribution in [3.8, 4) is 17.2 Å². The number of carbonyl (C=O) groups is 1. The van der Waals surface area contributed by atoms with Gasteiger partial charge in [-0.1, -0.05) is 17.7 Å². The number of ether oxygens (including phenoxy) is 3. The van der Waals surface area contributed by atoms with Crippen LogP contribution in [-0.4, -0.2) is 19.0 Å².